The number of benzene rings is 1. The Morgan fingerprint density at radius 3 is 2.45 bits per heavy atom. The fourth-order valence-electron chi connectivity index (χ4n) is 1.75. The van der Waals surface area contributed by atoms with E-state index in [-0.39, 0.29) is 24.5 Å². The van der Waals surface area contributed by atoms with Crippen molar-refractivity contribution < 1.29 is 23.1 Å². The zero-order chi connectivity index (χ0) is 16.6. The molecular formula is C15H23NO5S. The van der Waals surface area contributed by atoms with Gasteiger partial charge < -0.3 is 15.2 Å². The molecule has 22 heavy (non-hydrogen) atoms. The van der Waals surface area contributed by atoms with Crippen molar-refractivity contribution in [2.45, 2.75) is 32.4 Å². The predicted octanol–water partition coefficient (Wildman–Crippen LogP) is 1.49. The Kier molecular flexibility index (Phi) is 6.83. The summed E-state index contributed by atoms with van der Waals surface area (Å²) in [5, 5.41) is 11.3. The molecule has 0 spiro atoms. The zero-order valence-electron chi connectivity index (χ0n) is 12.9. The highest BCUT2D eigenvalue weighted by Crippen LogP contribution is 2.11. The highest BCUT2D eigenvalue weighted by Gasteiger charge is 2.24. The van der Waals surface area contributed by atoms with E-state index >= 15 is 0 Å². The van der Waals surface area contributed by atoms with Crippen LogP contribution in [0.3, 0.4) is 0 Å². The molecule has 0 atom stereocenters. The fraction of sp³-hybridized carbons (Fsp3) is 0.533. The van der Waals surface area contributed by atoms with Crippen LogP contribution in [-0.2, 0) is 21.2 Å². The number of amides is 1. The van der Waals surface area contributed by atoms with Crippen molar-refractivity contribution in [2.75, 3.05) is 18.1 Å². The van der Waals surface area contributed by atoms with Crippen molar-refractivity contribution in [1.82, 2.24) is 5.32 Å². The minimum atomic E-state index is -3.30. The molecule has 0 heterocycles. The Morgan fingerprint density at radius 1 is 1.23 bits per heavy atom. The Labute approximate surface area is 131 Å². The highest BCUT2D eigenvalue weighted by atomic mass is 32.2. The summed E-state index contributed by atoms with van der Waals surface area (Å²) < 4.78 is 28.2. The molecule has 2 N–H and O–H groups in total. The van der Waals surface area contributed by atoms with Gasteiger partial charge in [0.2, 0.25) is 0 Å². The zero-order valence-corrected chi connectivity index (χ0v) is 13.7. The number of sulfone groups is 1. The fourth-order valence-corrected chi connectivity index (χ4v) is 3.05. The molecular weight excluding hydrogens is 306 g/mol. The van der Waals surface area contributed by atoms with Gasteiger partial charge in [-0.25, -0.2) is 13.2 Å². The highest BCUT2D eigenvalue weighted by molar-refractivity contribution is 7.91. The lowest BCUT2D eigenvalue weighted by molar-refractivity contribution is 0.129. The van der Waals surface area contributed by atoms with Crippen molar-refractivity contribution in [3.8, 4) is 0 Å². The second-order valence-corrected chi connectivity index (χ2v) is 8.00. The van der Waals surface area contributed by atoms with Crippen LogP contribution in [-0.4, -0.2) is 43.3 Å². The van der Waals surface area contributed by atoms with Gasteiger partial charge in [0.15, 0.2) is 9.84 Å². The van der Waals surface area contributed by atoms with E-state index in [1.54, 1.807) is 13.8 Å². The Morgan fingerprint density at radius 2 is 1.86 bits per heavy atom. The summed E-state index contributed by atoms with van der Waals surface area (Å²) in [6.45, 7) is 3.22. The normalized spacial score (nSPS) is 12.0. The van der Waals surface area contributed by atoms with Gasteiger partial charge in [-0.05, 0) is 25.8 Å². The van der Waals surface area contributed by atoms with Gasteiger partial charge in [0, 0.05) is 5.54 Å². The van der Waals surface area contributed by atoms with Crippen LogP contribution in [0.4, 0.5) is 4.79 Å². The molecule has 0 radical (unpaired) electrons. The summed E-state index contributed by atoms with van der Waals surface area (Å²) in [6, 6.07) is 9.28. The number of carbonyl (C=O) groups is 1. The maximum atomic E-state index is 11.8. The molecule has 0 aliphatic rings. The molecule has 0 saturated carbocycles. The maximum absolute atomic E-state index is 11.8. The first-order valence-corrected chi connectivity index (χ1v) is 8.86. The lowest BCUT2D eigenvalue weighted by Crippen LogP contribution is -2.45. The minimum Gasteiger partial charge on any atom is -0.445 e. The Bertz CT molecular complexity index is 569. The van der Waals surface area contributed by atoms with Gasteiger partial charge in [0.05, 0.1) is 18.1 Å². The van der Waals surface area contributed by atoms with Gasteiger partial charge in [-0.15, -0.1) is 0 Å². The van der Waals surface area contributed by atoms with Crippen LogP contribution in [0.2, 0.25) is 0 Å². The number of ether oxygens (including phenoxy) is 1. The van der Waals surface area contributed by atoms with E-state index < -0.39 is 28.1 Å². The van der Waals surface area contributed by atoms with Crippen LogP contribution in [0.25, 0.3) is 0 Å². The van der Waals surface area contributed by atoms with E-state index in [9.17, 15) is 13.2 Å². The van der Waals surface area contributed by atoms with Crippen molar-refractivity contribution in [2.24, 2.45) is 0 Å². The molecule has 0 bridgehead atoms. The number of nitrogens with one attached hydrogen (secondary N) is 1. The number of aliphatic hydroxyl groups is 1. The molecule has 1 aromatic rings. The second-order valence-electron chi connectivity index (χ2n) is 5.70. The predicted molar refractivity (Wildman–Crippen MR) is 84.2 cm³/mol. The Balaban J connectivity index is 2.41. The van der Waals surface area contributed by atoms with E-state index in [0.717, 1.165) is 5.56 Å². The van der Waals surface area contributed by atoms with Crippen LogP contribution in [0.1, 0.15) is 25.8 Å². The lowest BCUT2D eigenvalue weighted by atomic mass is 10.0. The van der Waals surface area contributed by atoms with Gasteiger partial charge in [-0.2, -0.15) is 0 Å². The quantitative estimate of drug-likeness (QED) is 0.754. The number of hydrogen-bond acceptors (Lipinski definition) is 5. The van der Waals surface area contributed by atoms with E-state index in [4.69, 9.17) is 9.84 Å². The van der Waals surface area contributed by atoms with E-state index in [0.29, 0.717) is 0 Å². The third-order valence-corrected chi connectivity index (χ3v) is 4.72. The molecule has 0 fully saturated rings. The summed E-state index contributed by atoms with van der Waals surface area (Å²) in [5.74, 6) is -0.360. The van der Waals surface area contributed by atoms with E-state index in [1.807, 2.05) is 30.3 Å². The van der Waals surface area contributed by atoms with Crippen LogP contribution in [0.15, 0.2) is 30.3 Å². The number of rotatable bonds is 8. The first kappa shape index (κ1) is 18.4. The minimum absolute atomic E-state index is 0.0977. The second kappa shape index (κ2) is 8.14. The monoisotopic (exact) mass is 329 g/mol. The molecule has 1 amide bonds. The van der Waals surface area contributed by atoms with E-state index in [2.05, 4.69) is 5.32 Å². The molecule has 0 aromatic heterocycles. The number of aliphatic hydroxyl groups excluding tert-OH is 1. The lowest BCUT2D eigenvalue weighted by Gasteiger charge is -2.25. The van der Waals surface area contributed by atoms with Gasteiger partial charge in [-0.1, -0.05) is 30.3 Å². The van der Waals surface area contributed by atoms with Crippen LogP contribution >= 0.6 is 0 Å². The summed E-state index contributed by atoms with van der Waals surface area (Å²) in [6.07, 6.45) is -0.344. The number of alkyl carbamates (subject to hydrolysis) is 1. The summed E-state index contributed by atoms with van der Waals surface area (Å²) in [5.41, 5.74) is 0.164. The summed E-state index contributed by atoms with van der Waals surface area (Å²) >= 11 is 0. The molecule has 0 saturated heterocycles. The number of hydrogen-bond donors (Lipinski definition) is 2. The molecule has 0 aliphatic carbocycles. The first-order chi connectivity index (χ1) is 10.2. The molecule has 6 nitrogen and oxygen atoms in total. The first-order valence-electron chi connectivity index (χ1n) is 7.04. The molecule has 0 unspecified atom stereocenters. The molecule has 1 aromatic carbocycles. The smallest absolute Gasteiger partial charge is 0.407 e. The van der Waals surface area contributed by atoms with Crippen molar-refractivity contribution in [1.29, 1.82) is 0 Å². The van der Waals surface area contributed by atoms with Crippen LogP contribution in [0, 0.1) is 0 Å². The van der Waals surface area contributed by atoms with Crippen LogP contribution < -0.4 is 5.32 Å². The van der Waals surface area contributed by atoms with Crippen molar-refractivity contribution >= 4 is 15.9 Å². The van der Waals surface area contributed by atoms with Crippen LogP contribution in [0.5, 0.6) is 0 Å². The van der Waals surface area contributed by atoms with Gasteiger partial charge in [0.1, 0.15) is 6.61 Å². The standard InChI is InChI=1S/C15H23NO5S/c1-15(2,8-10-22(19,20)11-9-17)16-14(18)21-12-13-6-4-3-5-7-13/h3-7,17H,8-12H2,1-2H3,(H,16,18). The molecule has 1 rings (SSSR count). The van der Waals surface area contributed by atoms with Crippen molar-refractivity contribution in [3.63, 3.8) is 0 Å². The average Bonchev–Trinajstić information content (AvgIpc) is 2.44. The summed E-state index contributed by atoms with van der Waals surface area (Å²) in [7, 11) is -3.30. The summed E-state index contributed by atoms with van der Waals surface area (Å²) in [4.78, 5) is 11.8. The van der Waals surface area contributed by atoms with Gasteiger partial charge >= 0.3 is 6.09 Å². The van der Waals surface area contributed by atoms with Gasteiger partial charge in [0.25, 0.3) is 0 Å². The third-order valence-electron chi connectivity index (χ3n) is 3.09. The van der Waals surface area contributed by atoms with Crippen molar-refractivity contribution in [3.05, 3.63) is 35.9 Å². The maximum Gasteiger partial charge on any atom is 0.407 e. The number of carbonyl (C=O) groups excluding carboxylic acids is 1. The molecule has 124 valence electrons. The topological polar surface area (TPSA) is 92.7 Å². The molecule has 7 heteroatoms. The Hall–Kier alpha value is -1.60. The molecule has 0 aliphatic heterocycles. The SMILES string of the molecule is CC(C)(CCS(=O)(=O)CCO)NC(=O)OCc1ccccc1. The third kappa shape index (κ3) is 7.42. The van der Waals surface area contributed by atoms with E-state index in [1.165, 1.54) is 0 Å². The average molecular weight is 329 g/mol. The van der Waals surface area contributed by atoms with Gasteiger partial charge in [-0.3, -0.25) is 0 Å². The largest absolute Gasteiger partial charge is 0.445 e.